The highest BCUT2D eigenvalue weighted by atomic mass is 14.9. The van der Waals surface area contributed by atoms with Crippen LogP contribution in [0.5, 0.6) is 0 Å². The quantitative estimate of drug-likeness (QED) is 0.215. The van der Waals surface area contributed by atoms with Crippen LogP contribution in [0.4, 0.5) is 0 Å². The summed E-state index contributed by atoms with van der Waals surface area (Å²) in [5.41, 5.74) is 8.59. The van der Waals surface area contributed by atoms with Crippen LogP contribution < -0.4 is 11.1 Å². The summed E-state index contributed by atoms with van der Waals surface area (Å²) in [6, 6.07) is 0.625. The molecule has 4 aliphatic carbocycles. The number of hydrogen-bond donors (Lipinski definition) is 2. The van der Waals surface area contributed by atoms with Crippen LogP contribution in [0.15, 0.2) is 11.6 Å². The zero-order valence-electron chi connectivity index (χ0n) is 24.2. The number of hydrogen-bond acceptors (Lipinski definition) is 2. The van der Waals surface area contributed by atoms with Gasteiger partial charge >= 0.3 is 0 Å². The Bertz CT molecular complexity index is 697. The second-order valence-electron chi connectivity index (χ2n) is 14.4. The normalized spacial score (nSPS) is 39.6. The van der Waals surface area contributed by atoms with E-state index in [-0.39, 0.29) is 0 Å². The van der Waals surface area contributed by atoms with Crippen molar-refractivity contribution in [1.29, 1.82) is 0 Å². The third-order valence-corrected chi connectivity index (χ3v) is 11.9. The Morgan fingerprint density at radius 1 is 0.886 bits per heavy atom. The zero-order valence-corrected chi connectivity index (χ0v) is 24.2. The van der Waals surface area contributed by atoms with Crippen LogP contribution in [0.3, 0.4) is 0 Å². The third-order valence-electron chi connectivity index (χ3n) is 11.9. The smallest absolute Gasteiger partial charge is 0.0253 e. The van der Waals surface area contributed by atoms with Crippen LogP contribution in [0.25, 0.3) is 0 Å². The van der Waals surface area contributed by atoms with E-state index in [1.807, 2.05) is 5.57 Å². The van der Waals surface area contributed by atoms with Crippen molar-refractivity contribution in [2.24, 2.45) is 52.1 Å². The van der Waals surface area contributed by atoms with Gasteiger partial charge in [0.2, 0.25) is 0 Å². The minimum absolute atomic E-state index is 0.491. The van der Waals surface area contributed by atoms with Crippen LogP contribution in [-0.2, 0) is 0 Å². The van der Waals surface area contributed by atoms with E-state index in [1.165, 1.54) is 103 Å². The molecule has 0 aromatic rings. The van der Waals surface area contributed by atoms with E-state index in [4.69, 9.17) is 5.73 Å². The van der Waals surface area contributed by atoms with Crippen molar-refractivity contribution in [3.8, 4) is 0 Å². The Kier molecular flexibility index (Phi) is 9.51. The standard InChI is InChI=1S/C33H60N2/c1-24(2)11-10-12-25(3)29-15-16-30-28-14-13-26-23-27(35-22-9-7-6-8-21-34)17-19-32(26,4)31(28)18-20-33(29,30)5/h23-25,27-31,35H,6-22,34H2,1-5H3/t25-,27+,28+,29-,30+,31+,32+,33-/m1/s1. The van der Waals surface area contributed by atoms with Crippen molar-refractivity contribution >= 4 is 0 Å². The van der Waals surface area contributed by atoms with Crippen molar-refractivity contribution in [2.75, 3.05) is 13.1 Å². The Labute approximate surface area is 219 Å². The second kappa shape index (κ2) is 12.0. The van der Waals surface area contributed by atoms with Gasteiger partial charge < -0.3 is 11.1 Å². The molecule has 0 saturated heterocycles. The third kappa shape index (κ3) is 5.89. The van der Waals surface area contributed by atoms with Gasteiger partial charge in [-0.3, -0.25) is 0 Å². The monoisotopic (exact) mass is 484 g/mol. The molecule has 3 fully saturated rings. The SMILES string of the molecule is CC(C)CCC[C@@H](C)[C@H]1CC[C@H]2[C@@H]3CCC4=C[C@@H](NCCCCCCN)CC[C@]4(C)[C@H]3CC[C@]12C. The van der Waals surface area contributed by atoms with Gasteiger partial charge in [0.25, 0.3) is 0 Å². The Morgan fingerprint density at radius 3 is 2.46 bits per heavy atom. The van der Waals surface area contributed by atoms with E-state index in [1.54, 1.807) is 0 Å². The highest BCUT2D eigenvalue weighted by Gasteiger charge is 2.59. The van der Waals surface area contributed by atoms with Crippen molar-refractivity contribution in [3.63, 3.8) is 0 Å². The van der Waals surface area contributed by atoms with E-state index in [9.17, 15) is 0 Å². The van der Waals surface area contributed by atoms with Gasteiger partial charge in [-0.25, -0.2) is 0 Å². The van der Waals surface area contributed by atoms with Crippen molar-refractivity contribution < 1.29 is 0 Å². The van der Waals surface area contributed by atoms with Gasteiger partial charge in [0, 0.05) is 6.04 Å². The summed E-state index contributed by atoms with van der Waals surface area (Å²) in [4.78, 5) is 0. The lowest BCUT2D eigenvalue weighted by atomic mass is 9.46. The first-order valence-corrected chi connectivity index (χ1v) is 15.9. The molecule has 0 aromatic carbocycles. The Morgan fingerprint density at radius 2 is 1.69 bits per heavy atom. The second-order valence-corrected chi connectivity index (χ2v) is 14.4. The van der Waals surface area contributed by atoms with E-state index in [2.05, 4.69) is 46.0 Å². The number of nitrogens with two attached hydrogens (primary N) is 1. The molecule has 4 rings (SSSR count). The van der Waals surface area contributed by atoms with Crippen molar-refractivity contribution in [2.45, 2.75) is 137 Å². The maximum atomic E-state index is 5.64. The lowest BCUT2D eigenvalue weighted by Crippen LogP contribution is -2.51. The zero-order chi connectivity index (χ0) is 25.1. The van der Waals surface area contributed by atoms with Crippen molar-refractivity contribution in [3.05, 3.63) is 11.6 Å². The molecule has 0 aliphatic heterocycles. The van der Waals surface area contributed by atoms with E-state index in [0.717, 1.165) is 42.1 Å². The summed E-state index contributed by atoms with van der Waals surface area (Å²) in [6.45, 7) is 14.8. The predicted octanol–water partition coefficient (Wildman–Crippen LogP) is 8.51. The van der Waals surface area contributed by atoms with Gasteiger partial charge in [-0.15, -0.1) is 0 Å². The topological polar surface area (TPSA) is 38.0 Å². The van der Waals surface area contributed by atoms with Crippen molar-refractivity contribution in [1.82, 2.24) is 5.32 Å². The van der Waals surface area contributed by atoms with Gasteiger partial charge in [0.1, 0.15) is 0 Å². The lowest BCUT2D eigenvalue weighted by molar-refractivity contribution is -0.0599. The van der Waals surface area contributed by atoms with E-state index >= 15 is 0 Å². The maximum absolute atomic E-state index is 5.64. The summed E-state index contributed by atoms with van der Waals surface area (Å²) in [6.07, 6.45) is 23.8. The highest BCUT2D eigenvalue weighted by Crippen LogP contribution is 2.67. The van der Waals surface area contributed by atoms with E-state index in [0.29, 0.717) is 16.9 Å². The fraction of sp³-hybridized carbons (Fsp3) is 0.939. The molecular weight excluding hydrogens is 424 g/mol. The molecule has 0 aromatic heterocycles. The Hall–Kier alpha value is -0.340. The highest BCUT2D eigenvalue weighted by molar-refractivity contribution is 5.26. The summed E-state index contributed by atoms with van der Waals surface area (Å²) >= 11 is 0. The first-order chi connectivity index (χ1) is 16.8. The summed E-state index contributed by atoms with van der Waals surface area (Å²) in [5, 5.41) is 3.90. The number of rotatable bonds is 12. The van der Waals surface area contributed by atoms with E-state index < -0.39 is 0 Å². The molecular formula is C33H60N2. The maximum Gasteiger partial charge on any atom is 0.0253 e. The molecule has 0 radical (unpaired) electrons. The Balaban J connectivity index is 1.35. The molecule has 2 heteroatoms. The summed E-state index contributed by atoms with van der Waals surface area (Å²) < 4.78 is 0. The van der Waals surface area contributed by atoms with Gasteiger partial charge in [-0.2, -0.15) is 0 Å². The molecule has 35 heavy (non-hydrogen) atoms. The molecule has 2 nitrogen and oxygen atoms in total. The van der Waals surface area contributed by atoms with Crippen LogP contribution in [-0.4, -0.2) is 19.1 Å². The molecule has 0 bridgehead atoms. The first kappa shape index (κ1) is 27.7. The van der Waals surface area contributed by atoms with Gasteiger partial charge in [-0.05, 0) is 124 Å². The predicted molar refractivity (Wildman–Crippen MR) is 152 cm³/mol. The minimum atomic E-state index is 0.491. The molecule has 0 unspecified atom stereocenters. The number of nitrogens with one attached hydrogen (secondary N) is 1. The van der Waals surface area contributed by atoms with Gasteiger partial charge in [-0.1, -0.05) is 78.4 Å². The lowest BCUT2D eigenvalue weighted by Gasteiger charge is -2.59. The fourth-order valence-electron chi connectivity index (χ4n) is 9.82. The number of unbranched alkanes of at least 4 members (excludes halogenated alkanes) is 3. The molecule has 3 N–H and O–H groups in total. The largest absolute Gasteiger partial charge is 0.330 e. The van der Waals surface area contributed by atoms with Crippen LogP contribution in [0.1, 0.15) is 131 Å². The molecule has 202 valence electrons. The summed E-state index contributed by atoms with van der Waals surface area (Å²) in [7, 11) is 0. The van der Waals surface area contributed by atoms with Gasteiger partial charge in [0.05, 0.1) is 0 Å². The molecule has 0 amide bonds. The fourth-order valence-corrected chi connectivity index (χ4v) is 9.82. The average molecular weight is 485 g/mol. The van der Waals surface area contributed by atoms with Gasteiger partial charge in [0.15, 0.2) is 0 Å². The number of allylic oxidation sites excluding steroid dienone is 1. The van der Waals surface area contributed by atoms with Crippen LogP contribution >= 0.6 is 0 Å². The average Bonchev–Trinajstić information content (AvgIpc) is 3.18. The molecule has 3 saturated carbocycles. The molecule has 0 spiro atoms. The van der Waals surface area contributed by atoms with Crippen LogP contribution in [0, 0.1) is 46.3 Å². The number of fused-ring (bicyclic) bond motifs is 5. The molecule has 0 heterocycles. The molecule has 4 aliphatic rings. The minimum Gasteiger partial charge on any atom is -0.330 e. The molecule has 8 atom stereocenters. The summed E-state index contributed by atoms with van der Waals surface area (Å²) in [5.74, 6) is 5.72. The van der Waals surface area contributed by atoms with Crippen LogP contribution in [0.2, 0.25) is 0 Å². The first-order valence-electron chi connectivity index (χ1n) is 15.9.